The molecule has 7 heteroatoms. The second-order valence-corrected chi connectivity index (χ2v) is 8.10. The lowest BCUT2D eigenvalue weighted by Crippen LogP contribution is -2.40. The van der Waals surface area contributed by atoms with Crippen LogP contribution in [0.3, 0.4) is 0 Å². The normalized spacial score (nSPS) is 12.6. The number of rotatable bonds is 4. The van der Waals surface area contributed by atoms with Gasteiger partial charge in [-0.3, -0.25) is 13.9 Å². The molecular formula is C25H24N4O3. The van der Waals surface area contributed by atoms with Gasteiger partial charge in [-0.25, -0.2) is 4.79 Å². The van der Waals surface area contributed by atoms with Crippen LogP contribution in [0.5, 0.6) is 0 Å². The first-order chi connectivity index (χ1) is 15.4. The van der Waals surface area contributed by atoms with Crippen molar-refractivity contribution in [3.8, 4) is 11.1 Å². The molecule has 0 aliphatic rings. The molecule has 0 saturated heterocycles. The van der Waals surface area contributed by atoms with Crippen molar-refractivity contribution < 1.29 is 4.52 Å². The van der Waals surface area contributed by atoms with E-state index in [1.165, 1.54) is 4.57 Å². The highest BCUT2D eigenvalue weighted by atomic mass is 16.5. The number of nitrogens with zero attached hydrogens (tertiary/aromatic N) is 3. The van der Waals surface area contributed by atoms with Crippen LogP contribution < -0.4 is 11.2 Å². The smallest absolute Gasteiger partial charge is 0.332 e. The summed E-state index contributed by atoms with van der Waals surface area (Å²) in [6.45, 7) is 7.88. The number of fused-ring (bicyclic) bond motifs is 3. The number of hydrogen-bond acceptors (Lipinski definition) is 4. The molecule has 162 valence electrons. The summed E-state index contributed by atoms with van der Waals surface area (Å²) in [4.78, 5) is 29.9. The van der Waals surface area contributed by atoms with E-state index in [2.05, 4.69) is 10.1 Å². The molecule has 1 N–H and O–H groups in total. The maximum atomic E-state index is 13.4. The maximum absolute atomic E-state index is 13.4. The highest BCUT2D eigenvalue weighted by Gasteiger charge is 2.22. The third kappa shape index (κ3) is 2.85. The fourth-order valence-electron chi connectivity index (χ4n) is 4.60. The van der Waals surface area contributed by atoms with Crippen LogP contribution in [-0.2, 0) is 6.54 Å². The van der Waals surface area contributed by atoms with Gasteiger partial charge in [0.2, 0.25) is 0 Å². The molecule has 7 nitrogen and oxygen atoms in total. The molecule has 3 heterocycles. The number of aromatic amines is 1. The average Bonchev–Trinajstić information content (AvgIpc) is 3.34. The van der Waals surface area contributed by atoms with E-state index in [0.29, 0.717) is 17.6 Å². The van der Waals surface area contributed by atoms with Crippen molar-refractivity contribution in [2.24, 2.45) is 0 Å². The molecular weight excluding hydrogens is 404 g/mol. The number of nitrogens with one attached hydrogen (secondary N) is 1. The zero-order valence-corrected chi connectivity index (χ0v) is 18.5. The predicted molar refractivity (Wildman–Crippen MR) is 125 cm³/mol. The number of hydrogen-bond donors (Lipinski definition) is 1. The molecule has 2 aromatic carbocycles. The number of benzene rings is 2. The lowest BCUT2D eigenvalue weighted by molar-refractivity contribution is 0.393. The summed E-state index contributed by atoms with van der Waals surface area (Å²) in [6, 6.07) is 15.5. The van der Waals surface area contributed by atoms with E-state index in [9.17, 15) is 9.59 Å². The molecule has 0 amide bonds. The zero-order valence-electron chi connectivity index (χ0n) is 18.5. The van der Waals surface area contributed by atoms with Gasteiger partial charge in [-0.1, -0.05) is 47.6 Å². The molecule has 0 radical (unpaired) electrons. The maximum Gasteiger partial charge on any atom is 0.332 e. The first-order valence-electron chi connectivity index (χ1n) is 10.7. The Kier molecular flexibility index (Phi) is 4.62. The Bertz CT molecular complexity index is 1570. The third-order valence-electron chi connectivity index (χ3n) is 6.22. The molecule has 5 aromatic rings. The molecule has 0 aliphatic heterocycles. The Morgan fingerprint density at radius 3 is 2.50 bits per heavy atom. The standard InChI is InChI=1S/C25H24N4O3/c1-5-28-24(30)22-23(29(25(28)31)15(3)17-9-7-6-8-10-17)19-12-11-18(13-20(19)26-22)21-14(2)27-32-16(21)4/h6-13,15,26H,5H2,1-4H3. The molecule has 0 bridgehead atoms. The molecule has 1 atom stereocenters. The molecule has 5 rings (SSSR count). The Morgan fingerprint density at radius 2 is 1.84 bits per heavy atom. The van der Waals surface area contributed by atoms with Gasteiger partial charge in [0.05, 0.1) is 17.3 Å². The SMILES string of the molecule is CCn1c(=O)c2[nH]c3cc(-c4c(C)noc4C)ccc3c2n(C(C)c2ccccc2)c1=O. The Morgan fingerprint density at radius 1 is 1.09 bits per heavy atom. The molecule has 0 saturated carbocycles. The molecule has 0 spiro atoms. The molecule has 32 heavy (non-hydrogen) atoms. The topological polar surface area (TPSA) is 85.8 Å². The highest BCUT2D eigenvalue weighted by molar-refractivity contribution is 6.06. The average molecular weight is 428 g/mol. The van der Waals surface area contributed by atoms with E-state index in [1.807, 2.05) is 76.2 Å². The van der Waals surface area contributed by atoms with Gasteiger partial charge >= 0.3 is 5.69 Å². The van der Waals surface area contributed by atoms with Crippen LogP contribution in [0.2, 0.25) is 0 Å². The van der Waals surface area contributed by atoms with Crippen LogP contribution in [0.15, 0.2) is 62.6 Å². The highest BCUT2D eigenvalue weighted by Crippen LogP contribution is 2.32. The largest absolute Gasteiger partial charge is 0.361 e. The number of H-pyrrole nitrogens is 1. The Hall–Kier alpha value is -3.87. The van der Waals surface area contributed by atoms with E-state index in [0.717, 1.165) is 39.0 Å². The van der Waals surface area contributed by atoms with Crippen LogP contribution in [0.4, 0.5) is 0 Å². The Labute approximate surface area is 183 Å². The van der Waals surface area contributed by atoms with Crippen molar-refractivity contribution in [1.82, 2.24) is 19.3 Å². The first kappa shape index (κ1) is 20.1. The van der Waals surface area contributed by atoms with Gasteiger partial charge in [0, 0.05) is 23.0 Å². The predicted octanol–water partition coefficient (Wildman–Crippen LogP) is 4.55. The molecule has 3 aromatic heterocycles. The van der Waals surface area contributed by atoms with E-state index < -0.39 is 0 Å². The van der Waals surface area contributed by atoms with Gasteiger partial charge in [0.25, 0.3) is 5.56 Å². The van der Waals surface area contributed by atoms with Gasteiger partial charge < -0.3 is 9.51 Å². The molecule has 0 aliphatic carbocycles. The van der Waals surface area contributed by atoms with Gasteiger partial charge in [-0.15, -0.1) is 0 Å². The Balaban J connectivity index is 1.86. The van der Waals surface area contributed by atoms with E-state index in [-0.39, 0.29) is 17.3 Å². The zero-order chi connectivity index (χ0) is 22.6. The fraction of sp³-hybridized carbons (Fsp3) is 0.240. The first-order valence-corrected chi connectivity index (χ1v) is 10.7. The summed E-state index contributed by atoms with van der Waals surface area (Å²) in [5, 5.41) is 4.88. The van der Waals surface area contributed by atoms with E-state index in [1.54, 1.807) is 4.57 Å². The van der Waals surface area contributed by atoms with Crippen LogP contribution in [0.25, 0.3) is 33.1 Å². The van der Waals surface area contributed by atoms with Crippen molar-refractivity contribution in [3.63, 3.8) is 0 Å². The van der Waals surface area contributed by atoms with Gasteiger partial charge in [0.15, 0.2) is 0 Å². The summed E-state index contributed by atoms with van der Waals surface area (Å²) in [5.41, 5.74) is 4.92. The van der Waals surface area contributed by atoms with Crippen molar-refractivity contribution in [2.45, 2.75) is 40.3 Å². The lowest BCUT2D eigenvalue weighted by atomic mass is 10.0. The second-order valence-electron chi connectivity index (χ2n) is 8.10. The minimum atomic E-state index is -0.308. The van der Waals surface area contributed by atoms with Gasteiger partial charge in [-0.05, 0) is 44.9 Å². The molecule has 0 fully saturated rings. The van der Waals surface area contributed by atoms with Crippen LogP contribution in [0, 0.1) is 13.8 Å². The lowest BCUT2D eigenvalue weighted by Gasteiger charge is -2.19. The van der Waals surface area contributed by atoms with Crippen molar-refractivity contribution in [3.05, 3.63) is 86.4 Å². The minimum Gasteiger partial charge on any atom is -0.361 e. The van der Waals surface area contributed by atoms with Crippen molar-refractivity contribution in [1.29, 1.82) is 0 Å². The monoisotopic (exact) mass is 428 g/mol. The summed E-state index contributed by atoms with van der Waals surface area (Å²) >= 11 is 0. The number of aryl methyl sites for hydroxylation is 2. The fourth-order valence-corrected chi connectivity index (χ4v) is 4.60. The molecule has 1 unspecified atom stereocenters. The third-order valence-corrected chi connectivity index (χ3v) is 6.22. The van der Waals surface area contributed by atoms with Crippen LogP contribution in [0.1, 0.15) is 36.9 Å². The second kappa shape index (κ2) is 7.37. The van der Waals surface area contributed by atoms with E-state index >= 15 is 0 Å². The van der Waals surface area contributed by atoms with Crippen molar-refractivity contribution >= 4 is 21.9 Å². The van der Waals surface area contributed by atoms with Gasteiger partial charge in [-0.2, -0.15) is 0 Å². The number of aromatic nitrogens is 4. The summed E-state index contributed by atoms with van der Waals surface area (Å²) in [6.07, 6.45) is 0. The summed E-state index contributed by atoms with van der Waals surface area (Å²) in [5.74, 6) is 0.737. The van der Waals surface area contributed by atoms with E-state index in [4.69, 9.17) is 4.52 Å². The van der Waals surface area contributed by atoms with Crippen molar-refractivity contribution in [2.75, 3.05) is 0 Å². The summed E-state index contributed by atoms with van der Waals surface area (Å²) < 4.78 is 8.34. The summed E-state index contributed by atoms with van der Waals surface area (Å²) in [7, 11) is 0. The quantitative estimate of drug-likeness (QED) is 0.455. The van der Waals surface area contributed by atoms with Crippen LogP contribution >= 0.6 is 0 Å². The minimum absolute atomic E-state index is 0.245. The van der Waals surface area contributed by atoms with Gasteiger partial charge in [0.1, 0.15) is 11.3 Å². The van der Waals surface area contributed by atoms with Crippen LogP contribution in [-0.4, -0.2) is 19.3 Å².